The third-order valence-electron chi connectivity index (χ3n) is 4.27. The van der Waals surface area contributed by atoms with Crippen LogP contribution in [0.15, 0.2) is 29.2 Å². The molecule has 24 heavy (non-hydrogen) atoms. The Balaban J connectivity index is 1.85. The van der Waals surface area contributed by atoms with E-state index in [0.29, 0.717) is 19.1 Å². The molecule has 1 fully saturated rings. The summed E-state index contributed by atoms with van der Waals surface area (Å²) >= 11 is 0. The molecule has 1 aromatic rings. The minimum Gasteiger partial charge on any atom is -0.465 e. The summed E-state index contributed by atoms with van der Waals surface area (Å²) < 4.78 is 31.8. The lowest BCUT2D eigenvalue weighted by atomic mass is 10.1. The molecular weight excluding hydrogens is 328 g/mol. The predicted molar refractivity (Wildman–Crippen MR) is 92.5 cm³/mol. The maximum Gasteiger partial charge on any atom is 0.337 e. The molecule has 2 N–H and O–H groups in total. The van der Waals surface area contributed by atoms with Gasteiger partial charge in [0.25, 0.3) is 0 Å². The predicted octanol–water partition coefficient (Wildman–Crippen LogP) is 2.06. The number of sulfonamides is 1. The largest absolute Gasteiger partial charge is 0.465 e. The summed E-state index contributed by atoms with van der Waals surface area (Å²) in [7, 11) is -2.37. The number of hydrogen-bond acceptors (Lipinski definition) is 5. The fourth-order valence-electron chi connectivity index (χ4n) is 2.94. The van der Waals surface area contributed by atoms with Crippen molar-refractivity contribution >= 4 is 16.0 Å². The average molecular weight is 354 g/mol. The van der Waals surface area contributed by atoms with E-state index in [-0.39, 0.29) is 10.5 Å². The summed E-state index contributed by atoms with van der Waals surface area (Å²) in [5, 5.41) is 3.42. The Morgan fingerprint density at radius 3 is 2.54 bits per heavy atom. The Morgan fingerprint density at radius 2 is 1.88 bits per heavy atom. The van der Waals surface area contributed by atoms with Crippen molar-refractivity contribution in [2.24, 2.45) is 0 Å². The summed E-state index contributed by atoms with van der Waals surface area (Å²) in [6, 6.07) is 6.34. The highest BCUT2D eigenvalue weighted by Crippen LogP contribution is 2.17. The second-order valence-electron chi connectivity index (χ2n) is 6.06. The molecule has 0 saturated heterocycles. The molecule has 0 aliphatic heterocycles. The highest BCUT2D eigenvalue weighted by Gasteiger charge is 2.16. The van der Waals surface area contributed by atoms with Crippen LogP contribution >= 0.6 is 0 Å². The molecule has 1 aromatic carbocycles. The van der Waals surface area contributed by atoms with Crippen LogP contribution in [0.5, 0.6) is 0 Å². The first-order chi connectivity index (χ1) is 11.5. The molecule has 2 rings (SSSR count). The lowest BCUT2D eigenvalue weighted by molar-refractivity contribution is 0.0600. The molecule has 0 unspecified atom stereocenters. The molecule has 0 radical (unpaired) electrons. The van der Waals surface area contributed by atoms with Crippen molar-refractivity contribution in [1.82, 2.24) is 10.0 Å². The molecule has 0 aromatic heterocycles. The Labute approximate surface area is 144 Å². The third kappa shape index (κ3) is 5.58. The summed E-state index contributed by atoms with van der Waals surface area (Å²) in [6.07, 6.45) is 7.39. The van der Waals surface area contributed by atoms with Gasteiger partial charge in [-0.05, 0) is 31.0 Å². The number of carbonyl (C=O) groups is 1. The molecule has 7 heteroatoms. The summed E-state index contributed by atoms with van der Waals surface area (Å²) in [4.78, 5) is 11.6. The van der Waals surface area contributed by atoms with Gasteiger partial charge in [-0.3, -0.25) is 0 Å². The van der Waals surface area contributed by atoms with Crippen LogP contribution in [0.2, 0.25) is 0 Å². The van der Waals surface area contributed by atoms with E-state index in [4.69, 9.17) is 0 Å². The zero-order valence-corrected chi connectivity index (χ0v) is 14.9. The number of ether oxygens (including phenoxy) is 1. The van der Waals surface area contributed by atoms with Crippen LogP contribution in [-0.4, -0.2) is 40.6 Å². The zero-order chi connectivity index (χ0) is 17.4. The SMILES string of the molecule is COC(=O)c1cccc(S(=O)(=O)NCCNC2CCCCCC2)c1. The van der Waals surface area contributed by atoms with E-state index in [2.05, 4.69) is 14.8 Å². The molecule has 6 nitrogen and oxygen atoms in total. The lowest BCUT2D eigenvalue weighted by Crippen LogP contribution is -2.36. The number of esters is 1. The molecule has 1 aliphatic carbocycles. The van der Waals surface area contributed by atoms with E-state index in [1.54, 1.807) is 0 Å². The molecule has 1 aliphatic rings. The molecule has 1 saturated carbocycles. The minimum absolute atomic E-state index is 0.0693. The topological polar surface area (TPSA) is 84.5 Å². The fraction of sp³-hybridized carbons (Fsp3) is 0.588. The lowest BCUT2D eigenvalue weighted by Gasteiger charge is -2.16. The quantitative estimate of drug-likeness (QED) is 0.445. The standard InChI is InChI=1S/C17H26N2O4S/c1-23-17(20)14-7-6-10-16(13-14)24(21,22)19-12-11-18-15-8-4-2-3-5-9-15/h6-7,10,13,15,18-19H,2-5,8-9,11-12H2,1H3. The number of benzene rings is 1. The van der Waals surface area contributed by atoms with Crippen molar-refractivity contribution < 1.29 is 17.9 Å². The molecular formula is C17H26N2O4S. The zero-order valence-electron chi connectivity index (χ0n) is 14.1. The normalized spacial score (nSPS) is 16.5. The monoisotopic (exact) mass is 354 g/mol. The smallest absolute Gasteiger partial charge is 0.337 e. The van der Waals surface area contributed by atoms with E-state index in [9.17, 15) is 13.2 Å². The molecule has 0 atom stereocenters. The molecule has 0 heterocycles. The first-order valence-corrected chi connectivity index (χ1v) is 9.92. The van der Waals surface area contributed by atoms with Crippen LogP contribution in [0.1, 0.15) is 48.9 Å². The van der Waals surface area contributed by atoms with Crippen molar-refractivity contribution in [3.63, 3.8) is 0 Å². The van der Waals surface area contributed by atoms with Gasteiger partial charge in [0, 0.05) is 19.1 Å². The van der Waals surface area contributed by atoms with Crippen LogP contribution in [0.25, 0.3) is 0 Å². The van der Waals surface area contributed by atoms with Gasteiger partial charge in [0.05, 0.1) is 17.6 Å². The van der Waals surface area contributed by atoms with Gasteiger partial charge in [0.2, 0.25) is 10.0 Å². The Hall–Kier alpha value is -1.44. The Morgan fingerprint density at radius 1 is 1.17 bits per heavy atom. The van der Waals surface area contributed by atoms with Gasteiger partial charge < -0.3 is 10.1 Å². The number of rotatable bonds is 7. The maximum absolute atomic E-state index is 12.3. The van der Waals surface area contributed by atoms with E-state index >= 15 is 0 Å². The highest BCUT2D eigenvalue weighted by molar-refractivity contribution is 7.89. The fourth-order valence-corrected chi connectivity index (χ4v) is 4.01. The van der Waals surface area contributed by atoms with Crippen molar-refractivity contribution in [2.75, 3.05) is 20.2 Å². The van der Waals surface area contributed by atoms with E-state index in [1.807, 2.05) is 0 Å². The number of hydrogen-bond donors (Lipinski definition) is 2. The Kier molecular flexibility index (Phi) is 7.20. The van der Waals surface area contributed by atoms with Gasteiger partial charge >= 0.3 is 5.97 Å². The van der Waals surface area contributed by atoms with Crippen molar-refractivity contribution in [3.8, 4) is 0 Å². The maximum atomic E-state index is 12.3. The van der Waals surface area contributed by atoms with Crippen LogP contribution in [0, 0.1) is 0 Å². The van der Waals surface area contributed by atoms with Gasteiger partial charge in [-0.25, -0.2) is 17.9 Å². The van der Waals surface area contributed by atoms with Crippen molar-refractivity contribution in [3.05, 3.63) is 29.8 Å². The van der Waals surface area contributed by atoms with E-state index < -0.39 is 16.0 Å². The first-order valence-electron chi connectivity index (χ1n) is 8.44. The Bertz CT molecular complexity index is 638. The van der Waals surface area contributed by atoms with Crippen LogP contribution < -0.4 is 10.0 Å². The number of methoxy groups -OCH3 is 1. The van der Waals surface area contributed by atoms with Gasteiger partial charge in [-0.1, -0.05) is 31.7 Å². The first kappa shape index (κ1) is 18.9. The highest BCUT2D eigenvalue weighted by atomic mass is 32.2. The molecule has 0 bridgehead atoms. The molecule has 0 spiro atoms. The van der Waals surface area contributed by atoms with Crippen LogP contribution in [-0.2, 0) is 14.8 Å². The number of nitrogens with one attached hydrogen (secondary N) is 2. The van der Waals surface area contributed by atoms with Gasteiger partial charge in [0.1, 0.15) is 0 Å². The molecule has 0 amide bonds. The summed E-state index contributed by atoms with van der Waals surface area (Å²) in [5.41, 5.74) is 0.219. The minimum atomic E-state index is -3.63. The van der Waals surface area contributed by atoms with E-state index in [0.717, 1.165) is 12.8 Å². The average Bonchev–Trinajstić information content (AvgIpc) is 2.87. The third-order valence-corrected chi connectivity index (χ3v) is 5.73. The van der Waals surface area contributed by atoms with Crippen molar-refractivity contribution in [2.45, 2.75) is 49.5 Å². The van der Waals surface area contributed by atoms with Gasteiger partial charge in [-0.2, -0.15) is 0 Å². The van der Waals surface area contributed by atoms with Crippen molar-refractivity contribution in [1.29, 1.82) is 0 Å². The van der Waals surface area contributed by atoms with Crippen LogP contribution in [0.3, 0.4) is 0 Å². The molecule has 134 valence electrons. The summed E-state index contributed by atoms with van der Waals surface area (Å²) in [5.74, 6) is -0.554. The van der Waals surface area contributed by atoms with Gasteiger partial charge in [-0.15, -0.1) is 0 Å². The van der Waals surface area contributed by atoms with Gasteiger partial charge in [0.15, 0.2) is 0 Å². The number of carbonyl (C=O) groups excluding carboxylic acids is 1. The van der Waals surface area contributed by atoms with Crippen LogP contribution in [0.4, 0.5) is 0 Å². The summed E-state index contributed by atoms with van der Waals surface area (Å²) in [6.45, 7) is 0.919. The second kappa shape index (κ2) is 9.15. The second-order valence-corrected chi connectivity index (χ2v) is 7.83. The van der Waals surface area contributed by atoms with E-state index in [1.165, 1.54) is 57.1 Å².